The monoisotopic (exact) mass is 443 g/mol. The number of nitrogens with one attached hydrogen (secondary N) is 2. The van der Waals surface area contributed by atoms with Gasteiger partial charge in [0.05, 0.1) is 11.7 Å². The summed E-state index contributed by atoms with van der Waals surface area (Å²) in [5.41, 5.74) is 2.07. The zero-order valence-electron chi connectivity index (χ0n) is 17.7. The second-order valence-corrected chi connectivity index (χ2v) is 9.71. The van der Waals surface area contributed by atoms with E-state index < -0.39 is 10.0 Å². The van der Waals surface area contributed by atoms with Gasteiger partial charge in [0.2, 0.25) is 15.9 Å². The highest BCUT2D eigenvalue weighted by molar-refractivity contribution is 7.92. The molecule has 1 aliphatic heterocycles. The average molecular weight is 444 g/mol. The Hall–Kier alpha value is -2.87. The number of piperidine rings is 1. The number of benzene rings is 2. The van der Waals surface area contributed by atoms with Gasteiger partial charge in [0.1, 0.15) is 0 Å². The van der Waals surface area contributed by atoms with Crippen molar-refractivity contribution >= 4 is 27.5 Å². The van der Waals surface area contributed by atoms with Crippen LogP contribution in [0.5, 0.6) is 0 Å². The van der Waals surface area contributed by atoms with E-state index in [0.29, 0.717) is 30.9 Å². The summed E-state index contributed by atoms with van der Waals surface area (Å²) in [4.78, 5) is 27.2. The molecule has 166 valence electrons. The van der Waals surface area contributed by atoms with Crippen LogP contribution >= 0.6 is 0 Å². The number of anilines is 1. The van der Waals surface area contributed by atoms with Crippen LogP contribution in [-0.2, 0) is 21.2 Å². The van der Waals surface area contributed by atoms with Crippen molar-refractivity contribution < 1.29 is 18.0 Å². The average Bonchev–Trinajstić information content (AvgIpc) is 2.79. The molecule has 2 amide bonds. The Balaban J connectivity index is 1.53. The summed E-state index contributed by atoms with van der Waals surface area (Å²) < 4.78 is 25.8. The lowest BCUT2D eigenvalue weighted by Gasteiger charge is -2.32. The zero-order chi connectivity index (χ0) is 22.3. The quantitative estimate of drug-likeness (QED) is 0.656. The van der Waals surface area contributed by atoms with Gasteiger partial charge in [0, 0.05) is 30.9 Å². The summed E-state index contributed by atoms with van der Waals surface area (Å²) in [5.74, 6) is -0.399. The normalized spacial score (nSPS) is 16.5. The molecule has 2 N–H and O–H groups in total. The Morgan fingerprint density at radius 3 is 2.45 bits per heavy atom. The molecule has 1 atom stereocenters. The van der Waals surface area contributed by atoms with Crippen molar-refractivity contribution in [3.63, 3.8) is 0 Å². The zero-order valence-corrected chi connectivity index (χ0v) is 18.5. The van der Waals surface area contributed by atoms with Crippen molar-refractivity contribution in [3.8, 4) is 0 Å². The van der Waals surface area contributed by atoms with Crippen LogP contribution in [0.1, 0.15) is 35.7 Å². The molecule has 31 heavy (non-hydrogen) atoms. The largest absolute Gasteiger partial charge is 0.355 e. The van der Waals surface area contributed by atoms with E-state index in [2.05, 4.69) is 10.0 Å². The Kier molecular flexibility index (Phi) is 7.68. The molecule has 1 saturated heterocycles. The number of likely N-dealkylation sites (tertiary alicyclic amines) is 1. The van der Waals surface area contributed by atoms with Gasteiger partial charge >= 0.3 is 0 Å². The Morgan fingerprint density at radius 2 is 1.77 bits per heavy atom. The van der Waals surface area contributed by atoms with Crippen LogP contribution < -0.4 is 10.0 Å². The second kappa shape index (κ2) is 10.4. The third kappa shape index (κ3) is 6.55. The van der Waals surface area contributed by atoms with E-state index in [1.807, 2.05) is 30.3 Å². The highest BCUT2D eigenvalue weighted by Gasteiger charge is 2.28. The standard InChI is InChI=1S/C23H29N3O4S/c1-2-31(29,30)25-21-12-10-19(11-13-21)23(28)26-16-6-9-20(17-26)22(27)24-15-14-18-7-4-3-5-8-18/h3-5,7-8,10-13,20,25H,2,6,9,14-17H2,1H3,(H,24,27). The summed E-state index contributed by atoms with van der Waals surface area (Å²) >= 11 is 0. The van der Waals surface area contributed by atoms with Crippen LogP contribution in [0.25, 0.3) is 0 Å². The SMILES string of the molecule is CCS(=O)(=O)Nc1ccc(C(=O)N2CCCC(C(=O)NCCc3ccccc3)C2)cc1. The Bertz CT molecular complexity index is 991. The van der Waals surface area contributed by atoms with Crippen molar-refractivity contribution in [1.82, 2.24) is 10.2 Å². The van der Waals surface area contributed by atoms with Gasteiger partial charge in [0.15, 0.2) is 0 Å². The van der Waals surface area contributed by atoms with Crippen LogP contribution in [0.2, 0.25) is 0 Å². The predicted octanol–water partition coefficient (Wildman–Crippen LogP) is 2.66. The van der Waals surface area contributed by atoms with E-state index >= 15 is 0 Å². The highest BCUT2D eigenvalue weighted by atomic mass is 32.2. The maximum absolute atomic E-state index is 12.9. The van der Waals surface area contributed by atoms with E-state index in [-0.39, 0.29) is 23.5 Å². The lowest BCUT2D eigenvalue weighted by atomic mass is 9.96. The van der Waals surface area contributed by atoms with Crippen molar-refractivity contribution in [3.05, 3.63) is 65.7 Å². The topological polar surface area (TPSA) is 95.6 Å². The van der Waals surface area contributed by atoms with Crippen LogP contribution in [0.3, 0.4) is 0 Å². The summed E-state index contributed by atoms with van der Waals surface area (Å²) in [6, 6.07) is 16.4. The minimum atomic E-state index is -3.36. The molecule has 3 rings (SSSR count). The van der Waals surface area contributed by atoms with E-state index in [0.717, 1.165) is 19.3 Å². The van der Waals surface area contributed by atoms with Gasteiger partial charge in [-0.25, -0.2) is 8.42 Å². The van der Waals surface area contributed by atoms with Gasteiger partial charge in [-0.05, 0) is 56.0 Å². The summed E-state index contributed by atoms with van der Waals surface area (Å²) in [6.07, 6.45) is 2.31. The van der Waals surface area contributed by atoms with Crippen LogP contribution in [0.15, 0.2) is 54.6 Å². The maximum atomic E-state index is 12.9. The molecule has 1 unspecified atom stereocenters. The molecule has 8 heteroatoms. The lowest BCUT2D eigenvalue weighted by molar-refractivity contribution is -0.126. The molecule has 0 aromatic heterocycles. The fourth-order valence-corrected chi connectivity index (χ4v) is 4.25. The van der Waals surface area contributed by atoms with Gasteiger partial charge in [-0.1, -0.05) is 30.3 Å². The molecule has 0 aliphatic carbocycles. The third-order valence-corrected chi connectivity index (χ3v) is 6.73. The number of carbonyl (C=O) groups excluding carboxylic acids is 2. The summed E-state index contributed by atoms with van der Waals surface area (Å²) in [5, 5.41) is 2.99. The number of rotatable bonds is 8. The molecule has 0 radical (unpaired) electrons. The van der Waals surface area contributed by atoms with Crippen LogP contribution in [0.4, 0.5) is 5.69 Å². The Labute approximate surface area is 183 Å². The predicted molar refractivity (Wildman–Crippen MR) is 121 cm³/mol. The van der Waals surface area contributed by atoms with E-state index in [1.54, 1.807) is 36.1 Å². The Morgan fingerprint density at radius 1 is 1.06 bits per heavy atom. The maximum Gasteiger partial charge on any atom is 0.253 e. The van der Waals surface area contributed by atoms with Crippen LogP contribution in [0, 0.1) is 5.92 Å². The highest BCUT2D eigenvalue weighted by Crippen LogP contribution is 2.20. The van der Waals surface area contributed by atoms with E-state index in [9.17, 15) is 18.0 Å². The van der Waals surface area contributed by atoms with E-state index in [1.165, 1.54) is 5.56 Å². The molecule has 0 bridgehead atoms. The van der Waals surface area contributed by atoms with Crippen molar-refractivity contribution in [2.45, 2.75) is 26.2 Å². The van der Waals surface area contributed by atoms with Crippen molar-refractivity contribution in [1.29, 1.82) is 0 Å². The minimum Gasteiger partial charge on any atom is -0.355 e. The summed E-state index contributed by atoms with van der Waals surface area (Å²) in [7, 11) is -3.36. The molecule has 0 spiro atoms. The van der Waals surface area contributed by atoms with Gasteiger partial charge in [0.25, 0.3) is 5.91 Å². The number of amides is 2. The molecule has 1 heterocycles. The van der Waals surface area contributed by atoms with Gasteiger partial charge in [-0.3, -0.25) is 14.3 Å². The molecule has 2 aromatic rings. The fraction of sp³-hybridized carbons (Fsp3) is 0.391. The van der Waals surface area contributed by atoms with Crippen LogP contribution in [-0.4, -0.2) is 50.5 Å². The number of carbonyl (C=O) groups is 2. The molecule has 0 saturated carbocycles. The number of hydrogen-bond acceptors (Lipinski definition) is 4. The summed E-state index contributed by atoms with van der Waals surface area (Å²) in [6.45, 7) is 3.13. The van der Waals surface area contributed by atoms with Gasteiger partial charge < -0.3 is 10.2 Å². The second-order valence-electron chi connectivity index (χ2n) is 7.70. The first-order chi connectivity index (χ1) is 14.9. The molecule has 7 nitrogen and oxygen atoms in total. The van der Waals surface area contributed by atoms with Gasteiger partial charge in [-0.15, -0.1) is 0 Å². The third-order valence-electron chi connectivity index (χ3n) is 5.42. The van der Waals surface area contributed by atoms with Gasteiger partial charge in [-0.2, -0.15) is 0 Å². The molecular formula is C23H29N3O4S. The number of sulfonamides is 1. The molecule has 1 aliphatic rings. The molecule has 1 fully saturated rings. The lowest BCUT2D eigenvalue weighted by Crippen LogP contribution is -2.45. The molecular weight excluding hydrogens is 414 g/mol. The number of hydrogen-bond donors (Lipinski definition) is 2. The first-order valence-electron chi connectivity index (χ1n) is 10.6. The smallest absolute Gasteiger partial charge is 0.253 e. The first-order valence-corrected chi connectivity index (χ1v) is 12.2. The van der Waals surface area contributed by atoms with Crippen molar-refractivity contribution in [2.24, 2.45) is 5.92 Å². The first kappa shape index (κ1) is 22.8. The van der Waals surface area contributed by atoms with Crippen molar-refractivity contribution in [2.75, 3.05) is 30.1 Å². The number of nitrogens with zero attached hydrogens (tertiary/aromatic N) is 1. The van der Waals surface area contributed by atoms with E-state index in [4.69, 9.17) is 0 Å². The minimum absolute atomic E-state index is 0.0160. The fourth-order valence-electron chi connectivity index (χ4n) is 3.61. The molecule has 2 aromatic carbocycles.